The number of ether oxygens (including phenoxy) is 1. The molecule has 0 aliphatic carbocycles. The second-order valence-electron chi connectivity index (χ2n) is 5.95. The maximum atomic E-state index is 12.5. The Balaban J connectivity index is 2.91. The summed E-state index contributed by atoms with van der Waals surface area (Å²) in [4.78, 5) is 12.2. The second-order valence-corrected chi connectivity index (χ2v) is 7.34. The lowest BCUT2D eigenvalue weighted by atomic mass is 9.95. The van der Waals surface area contributed by atoms with Gasteiger partial charge in [-0.1, -0.05) is 32.0 Å². The standard InChI is InChI=1S/C17H20O5S/c1-10(2)17(18)13-7-5-6-12-14(22-11(3)4)8-9-15(16(12)13)23(19,20)21/h5-11H,1-4H3,(H,19,20,21). The smallest absolute Gasteiger partial charge is 0.295 e. The highest BCUT2D eigenvalue weighted by Crippen LogP contribution is 2.35. The molecular formula is C17H20O5S. The van der Waals surface area contributed by atoms with Crippen LogP contribution in [-0.4, -0.2) is 24.9 Å². The van der Waals surface area contributed by atoms with Crippen molar-refractivity contribution in [2.75, 3.05) is 0 Å². The van der Waals surface area contributed by atoms with Crippen molar-refractivity contribution in [2.45, 2.75) is 38.7 Å². The summed E-state index contributed by atoms with van der Waals surface area (Å²) in [7, 11) is -4.46. The highest BCUT2D eigenvalue weighted by molar-refractivity contribution is 7.86. The van der Waals surface area contributed by atoms with Gasteiger partial charge in [0.05, 0.1) is 6.10 Å². The largest absolute Gasteiger partial charge is 0.490 e. The fraction of sp³-hybridized carbons (Fsp3) is 0.353. The van der Waals surface area contributed by atoms with Gasteiger partial charge >= 0.3 is 0 Å². The molecule has 2 rings (SSSR count). The monoisotopic (exact) mass is 336 g/mol. The van der Waals surface area contributed by atoms with Crippen LogP contribution in [0, 0.1) is 5.92 Å². The van der Waals surface area contributed by atoms with Crippen LogP contribution in [0.5, 0.6) is 5.75 Å². The zero-order valence-corrected chi connectivity index (χ0v) is 14.3. The summed E-state index contributed by atoms with van der Waals surface area (Å²) in [6, 6.07) is 7.69. The Morgan fingerprint density at radius 2 is 1.74 bits per heavy atom. The molecule has 2 aromatic carbocycles. The maximum absolute atomic E-state index is 12.5. The zero-order valence-electron chi connectivity index (χ0n) is 13.5. The number of fused-ring (bicyclic) bond motifs is 1. The van der Waals surface area contributed by atoms with Gasteiger partial charge in [0, 0.05) is 22.3 Å². The number of carbonyl (C=O) groups excluding carboxylic acids is 1. The minimum absolute atomic E-state index is 0.112. The average Bonchev–Trinajstić information content (AvgIpc) is 2.44. The fourth-order valence-electron chi connectivity index (χ4n) is 2.44. The Morgan fingerprint density at radius 3 is 2.26 bits per heavy atom. The van der Waals surface area contributed by atoms with Crippen molar-refractivity contribution in [3.63, 3.8) is 0 Å². The molecule has 2 aromatic rings. The lowest BCUT2D eigenvalue weighted by Crippen LogP contribution is -2.11. The zero-order chi connectivity index (χ0) is 17.4. The van der Waals surface area contributed by atoms with Crippen molar-refractivity contribution in [1.82, 2.24) is 0 Å². The van der Waals surface area contributed by atoms with E-state index in [9.17, 15) is 17.8 Å². The van der Waals surface area contributed by atoms with Gasteiger partial charge < -0.3 is 4.74 Å². The van der Waals surface area contributed by atoms with Gasteiger partial charge in [-0.2, -0.15) is 8.42 Å². The van der Waals surface area contributed by atoms with Crippen LogP contribution < -0.4 is 4.74 Å². The Kier molecular flexibility index (Phi) is 4.77. The van der Waals surface area contributed by atoms with Crippen LogP contribution in [0.25, 0.3) is 10.8 Å². The first-order valence-corrected chi connectivity index (χ1v) is 8.81. The van der Waals surface area contributed by atoms with Crippen LogP contribution in [-0.2, 0) is 10.1 Å². The van der Waals surface area contributed by atoms with E-state index >= 15 is 0 Å². The molecule has 1 N–H and O–H groups in total. The van der Waals surface area contributed by atoms with Gasteiger partial charge in [-0.25, -0.2) is 0 Å². The summed E-state index contributed by atoms with van der Waals surface area (Å²) < 4.78 is 38.7. The third-order valence-electron chi connectivity index (χ3n) is 3.39. The first-order chi connectivity index (χ1) is 10.6. The topological polar surface area (TPSA) is 80.7 Å². The normalized spacial score (nSPS) is 12.1. The number of rotatable bonds is 5. The SMILES string of the molecule is CC(C)Oc1ccc(S(=O)(=O)O)c2c(C(=O)C(C)C)cccc12. The molecule has 0 aliphatic heterocycles. The average molecular weight is 336 g/mol. The molecule has 0 atom stereocenters. The molecule has 0 bridgehead atoms. The van der Waals surface area contributed by atoms with Crippen molar-refractivity contribution in [2.24, 2.45) is 5.92 Å². The molecule has 6 heteroatoms. The third kappa shape index (κ3) is 3.54. The van der Waals surface area contributed by atoms with Gasteiger partial charge in [-0.3, -0.25) is 9.35 Å². The van der Waals surface area contributed by atoms with Crippen molar-refractivity contribution in [3.05, 3.63) is 35.9 Å². The molecule has 23 heavy (non-hydrogen) atoms. The van der Waals surface area contributed by atoms with Crippen molar-refractivity contribution < 1.29 is 22.5 Å². The first-order valence-electron chi connectivity index (χ1n) is 7.37. The summed E-state index contributed by atoms with van der Waals surface area (Å²) in [5.74, 6) is -0.0208. The maximum Gasteiger partial charge on any atom is 0.295 e. The number of carbonyl (C=O) groups is 1. The number of benzene rings is 2. The summed E-state index contributed by atoms with van der Waals surface area (Å²) in [5, 5.41) is 0.687. The molecule has 0 aliphatic rings. The van der Waals surface area contributed by atoms with Crippen LogP contribution in [0.4, 0.5) is 0 Å². The lowest BCUT2D eigenvalue weighted by Gasteiger charge is -2.16. The summed E-state index contributed by atoms with van der Waals surface area (Å²) in [6.07, 6.45) is -0.112. The Labute approximate surface area is 136 Å². The van der Waals surface area contributed by atoms with Crippen LogP contribution in [0.15, 0.2) is 35.2 Å². The molecule has 0 heterocycles. The molecule has 5 nitrogen and oxygen atoms in total. The van der Waals surface area contributed by atoms with Gasteiger partial charge in [0.1, 0.15) is 10.6 Å². The minimum atomic E-state index is -4.46. The Hall–Kier alpha value is -1.92. The highest BCUT2D eigenvalue weighted by Gasteiger charge is 2.23. The molecule has 0 saturated carbocycles. The van der Waals surface area contributed by atoms with Crippen molar-refractivity contribution in [3.8, 4) is 5.75 Å². The Bertz CT molecular complexity index is 851. The van der Waals surface area contributed by atoms with E-state index in [0.29, 0.717) is 11.1 Å². The van der Waals surface area contributed by atoms with Gasteiger partial charge in [0.2, 0.25) is 0 Å². The summed E-state index contributed by atoms with van der Waals surface area (Å²) in [6.45, 7) is 7.18. The Morgan fingerprint density at radius 1 is 1.09 bits per heavy atom. The number of hydrogen-bond acceptors (Lipinski definition) is 4. The van der Waals surface area contributed by atoms with Crippen molar-refractivity contribution in [1.29, 1.82) is 0 Å². The minimum Gasteiger partial charge on any atom is -0.490 e. The van der Waals surface area contributed by atoms with Crippen molar-refractivity contribution >= 4 is 26.7 Å². The number of hydrogen-bond donors (Lipinski definition) is 1. The first kappa shape index (κ1) is 17.4. The molecule has 0 radical (unpaired) electrons. The van der Waals surface area contributed by atoms with Gasteiger partial charge in [0.15, 0.2) is 5.78 Å². The predicted octanol–water partition coefficient (Wildman–Crippen LogP) is 3.71. The molecule has 0 fully saturated rings. The van der Waals surface area contributed by atoms with E-state index in [1.165, 1.54) is 12.1 Å². The number of Topliss-reactive ketones (excluding diaryl/α,β-unsaturated/α-hetero) is 1. The van der Waals surface area contributed by atoms with E-state index in [1.807, 2.05) is 13.8 Å². The van der Waals surface area contributed by atoms with Crippen LogP contribution in [0.1, 0.15) is 38.1 Å². The lowest BCUT2D eigenvalue weighted by molar-refractivity contribution is 0.0941. The van der Waals surface area contributed by atoms with Gasteiger partial charge in [-0.05, 0) is 26.0 Å². The second kappa shape index (κ2) is 6.29. The molecule has 0 saturated heterocycles. The van der Waals surface area contributed by atoms with E-state index in [4.69, 9.17) is 4.74 Å². The van der Waals surface area contributed by atoms with E-state index in [1.54, 1.807) is 32.0 Å². The summed E-state index contributed by atoms with van der Waals surface area (Å²) >= 11 is 0. The molecule has 0 amide bonds. The molecule has 0 spiro atoms. The van der Waals surface area contributed by atoms with Crippen LogP contribution in [0.3, 0.4) is 0 Å². The molecular weight excluding hydrogens is 316 g/mol. The predicted molar refractivity (Wildman–Crippen MR) is 88.7 cm³/mol. The van der Waals surface area contributed by atoms with E-state index in [-0.39, 0.29) is 33.7 Å². The summed E-state index contributed by atoms with van der Waals surface area (Å²) in [5.41, 5.74) is 0.263. The van der Waals surface area contributed by atoms with E-state index in [2.05, 4.69) is 0 Å². The quantitative estimate of drug-likeness (QED) is 0.665. The molecule has 0 aromatic heterocycles. The van der Waals surface area contributed by atoms with E-state index in [0.717, 1.165) is 0 Å². The van der Waals surface area contributed by atoms with Crippen LogP contribution >= 0.6 is 0 Å². The molecule has 124 valence electrons. The van der Waals surface area contributed by atoms with E-state index < -0.39 is 10.1 Å². The fourth-order valence-corrected chi connectivity index (χ4v) is 3.15. The highest BCUT2D eigenvalue weighted by atomic mass is 32.2. The van der Waals surface area contributed by atoms with Crippen LogP contribution in [0.2, 0.25) is 0 Å². The third-order valence-corrected chi connectivity index (χ3v) is 4.29. The van der Waals surface area contributed by atoms with Gasteiger partial charge in [0.25, 0.3) is 10.1 Å². The van der Waals surface area contributed by atoms with Gasteiger partial charge in [-0.15, -0.1) is 0 Å². The number of ketones is 1. The molecule has 0 unspecified atom stereocenters.